The first-order chi connectivity index (χ1) is 9.64. The number of methoxy groups -OCH3 is 1. The van der Waals surface area contributed by atoms with Gasteiger partial charge < -0.3 is 14.9 Å². The highest BCUT2D eigenvalue weighted by Crippen LogP contribution is 2.42. The Labute approximate surface area is 119 Å². The molecule has 5 heteroatoms. The van der Waals surface area contributed by atoms with Gasteiger partial charge in [0.25, 0.3) is 0 Å². The first kappa shape index (κ1) is 13.5. The zero-order chi connectivity index (χ0) is 14.2. The summed E-state index contributed by atoms with van der Waals surface area (Å²) in [5, 5.41) is 9.94. The summed E-state index contributed by atoms with van der Waals surface area (Å²) in [6.45, 7) is 1.35. The molecule has 2 aliphatic rings. The molecule has 0 radical (unpaired) electrons. The lowest BCUT2D eigenvalue weighted by molar-refractivity contribution is 0.126. The van der Waals surface area contributed by atoms with Gasteiger partial charge in [0, 0.05) is 12.3 Å². The Morgan fingerprint density at radius 1 is 1.45 bits per heavy atom. The lowest BCUT2D eigenvalue weighted by Crippen LogP contribution is -2.55. The van der Waals surface area contributed by atoms with E-state index in [1.807, 2.05) is 24.3 Å². The zero-order valence-electron chi connectivity index (χ0n) is 11.8. The lowest BCUT2D eigenvalue weighted by Gasteiger charge is -2.36. The van der Waals surface area contributed by atoms with Crippen LogP contribution in [0, 0.1) is 5.41 Å². The maximum absolute atomic E-state index is 8.18. The second-order valence-electron chi connectivity index (χ2n) is 5.66. The molecule has 1 aromatic rings. The molecule has 3 rings (SSSR count). The number of hydrazine groups is 1. The molecule has 2 atom stereocenters. The van der Waals surface area contributed by atoms with Crippen molar-refractivity contribution in [3.8, 4) is 5.75 Å². The van der Waals surface area contributed by atoms with Crippen LogP contribution >= 0.6 is 0 Å². The SMILES string of the molecule is COc1ccc(CN(N)C2C(=N)CCCC23CO3)cc1. The molecule has 1 heterocycles. The third kappa shape index (κ3) is 2.44. The maximum Gasteiger partial charge on any atom is 0.118 e. The molecule has 1 saturated heterocycles. The molecule has 1 aliphatic carbocycles. The largest absolute Gasteiger partial charge is 0.497 e. The van der Waals surface area contributed by atoms with Gasteiger partial charge in [0.15, 0.2) is 0 Å². The number of benzene rings is 1. The molecule has 2 unspecified atom stereocenters. The molecule has 1 aromatic carbocycles. The predicted octanol–water partition coefficient (Wildman–Crippen LogP) is 1.71. The lowest BCUT2D eigenvalue weighted by atomic mass is 9.82. The van der Waals surface area contributed by atoms with Crippen molar-refractivity contribution < 1.29 is 9.47 Å². The molecule has 108 valence electrons. The van der Waals surface area contributed by atoms with Crippen molar-refractivity contribution in [2.24, 2.45) is 5.84 Å². The molecule has 3 N–H and O–H groups in total. The van der Waals surface area contributed by atoms with E-state index in [1.165, 1.54) is 0 Å². The van der Waals surface area contributed by atoms with Gasteiger partial charge in [0.2, 0.25) is 0 Å². The van der Waals surface area contributed by atoms with Gasteiger partial charge in [-0.15, -0.1) is 0 Å². The van der Waals surface area contributed by atoms with Gasteiger partial charge in [0.05, 0.1) is 19.8 Å². The van der Waals surface area contributed by atoms with E-state index >= 15 is 0 Å². The van der Waals surface area contributed by atoms with Crippen molar-refractivity contribution in [2.75, 3.05) is 13.7 Å². The summed E-state index contributed by atoms with van der Waals surface area (Å²) >= 11 is 0. The Balaban J connectivity index is 1.71. The topological polar surface area (TPSA) is 74.9 Å². The Kier molecular flexibility index (Phi) is 3.50. The standard InChI is InChI=1S/C15H21N3O2/c1-19-12-6-4-11(5-7-12)9-18(17)14-13(16)3-2-8-15(14)10-20-15/h4-7,14,16H,2-3,8-10,17H2,1H3. The van der Waals surface area contributed by atoms with Gasteiger partial charge in [-0.25, -0.2) is 5.01 Å². The average Bonchev–Trinajstić information content (AvgIpc) is 3.19. The number of ether oxygens (including phenoxy) is 2. The highest BCUT2D eigenvalue weighted by atomic mass is 16.6. The van der Waals surface area contributed by atoms with E-state index < -0.39 is 0 Å². The molecular weight excluding hydrogens is 254 g/mol. The van der Waals surface area contributed by atoms with Crippen LogP contribution in [0.25, 0.3) is 0 Å². The van der Waals surface area contributed by atoms with Crippen LogP contribution in [0.3, 0.4) is 0 Å². The van der Waals surface area contributed by atoms with E-state index in [2.05, 4.69) is 0 Å². The Morgan fingerprint density at radius 2 is 2.15 bits per heavy atom. The molecule has 0 amide bonds. The van der Waals surface area contributed by atoms with Crippen molar-refractivity contribution in [2.45, 2.75) is 37.5 Å². The summed E-state index contributed by atoms with van der Waals surface area (Å²) in [5.74, 6) is 7.08. The van der Waals surface area contributed by atoms with E-state index in [-0.39, 0.29) is 11.6 Å². The average molecular weight is 275 g/mol. The quantitative estimate of drug-likeness (QED) is 0.498. The number of hydrogen-bond acceptors (Lipinski definition) is 5. The number of rotatable bonds is 4. The molecule has 20 heavy (non-hydrogen) atoms. The zero-order valence-corrected chi connectivity index (χ0v) is 11.8. The van der Waals surface area contributed by atoms with Crippen molar-refractivity contribution in [1.82, 2.24) is 5.01 Å². The van der Waals surface area contributed by atoms with E-state index in [0.717, 1.165) is 37.2 Å². The van der Waals surface area contributed by atoms with Crippen LogP contribution in [0.4, 0.5) is 0 Å². The second kappa shape index (κ2) is 5.16. The fourth-order valence-electron chi connectivity index (χ4n) is 3.10. The number of nitrogens with one attached hydrogen (secondary N) is 1. The predicted molar refractivity (Wildman–Crippen MR) is 76.8 cm³/mol. The Morgan fingerprint density at radius 3 is 2.75 bits per heavy atom. The Bertz CT molecular complexity index is 496. The van der Waals surface area contributed by atoms with E-state index in [0.29, 0.717) is 12.3 Å². The fraction of sp³-hybridized carbons (Fsp3) is 0.533. The third-order valence-corrected chi connectivity index (χ3v) is 4.25. The van der Waals surface area contributed by atoms with Gasteiger partial charge in [-0.2, -0.15) is 0 Å². The van der Waals surface area contributed by atoms with Gasteiger partial charge in [-0.05, 0) is 37.0 Å². The first-order valence-corrected chi connectivity index (χ1v) is 7.00. The van der Waals surface area contributed by atoms with Gasteiger partial charge >= 0.3 is 0 Å². The molecule has 0 bridgehead atoms. The molecule has 2 fully saturated rings. The molecule has 5 nitrogen and oxygen atoms in total. The maximum atomic E-state index is 8.18. The summed E-state index contributed by atoms with van der Waals surface area (Å²) in [6.07, 6.45) is 2.87. The minimum Gasteiger partial charge on any atom is -0.497 e. The minimum atomic E-state index is -0.184. The molecule has 1 aliphatic heterocycles. The fourth-order valence-corrected chi connectivity index (χ4v) is 3.10. The van der Waals surface area contributed by atoms with Crippen LogP contribution in [0.2, 0.25) is 0 Å². The number of nitrogens with two attached hydrogens (primary N) is 1. The highest BCUT2D eigenvalue weighted by molar-refractivity contribution is 5.89. The van der Waals surface area contributed by atoms with Crippen molar-refractivity contribution in [3.05, 3.63) is 29.8 Å². The van der Waals surface area contributed by atoms with Gasteiger partial charge in [0.1, 0.15) is 11.4 Å². The summed E-state index contributed by atoms with van der Waals surface area (Å²) in [5.41, 5.74) is 1.63. The minimum absolute atomic E-state index is 0.0849. The molecule has 1 saturated carbocycles. The molecular formula is C15H21N3O2. The summed E-state index contributed by atoms with van der Waals surface area (Å²) in [6, 6.07) is 7.78. The number of epoxide rings is 1. The van der Waals surface area contributed by atoms with Gasteiger partial charge in [-0.3, -0.25) is 5.84 Å². The van der Waals surface area contributed by atoms with E-state index in [4.69, 9.17) is 20.7 Å². The van der Waals surface area contributed by atoms with Crippen LogP contribution in [0.1, 0.15) is 24.8 Å². The molecule has 0 aromatic heterocycles. The van der Waals surface area contributed by atoms with Crippen molar-refractivity contribution >= 4 is 5.71 Å². The first-order valence-electron chi connectivity index (χ1n) is 7.00. The van der Waals surface area contributed by atoms with Crippen LogP contribution in [-0.4, -0.2) is 36.1 Å². The monoisotopic (exact) mass is 275 g/mol. The van der Waals surface area contributed by atoms with E-state index in [9.17, 15) is 0 Å². The van der Waals surface area contributed by atoms with Crippen molar-refractivity contribution in [3.63, 3.8) is 0 Å². The van der Waals surface area contributed by atoms with Crippen molar-refractivity contribution in [1.29, 1.82) is 5.41 Å². The summed E-state index contributed by atoms with van der Waals surface area (Å²) < 4.78 is 10.8. The van der Waals surface area contributed by atoms with Crippen LogP contribution in [0.5, 0.6) is 5.75 Å². The van der Waals surface area contributed by atoms with Crippen LogP contribution in [-0.2, 0) is 11.3 Å². The molecule has 1 spiro atoms. The van der Waals surface area contributed by atoms with Crippen LogP contribution < -0.4 is 10.6 Å². The summed E-state index contributed by atoms with van der Waals surface area (Å²) in [4.78, 5) is 0. The highest BCUT2D eigenvalue weighted by Gasteiger charge is 2.56. The smallest absolute Gasteiger partial charge is 0.118 e. The van der Waals surface area contributed by atoms with E-state index in [1.54, 1.807) is 12.1 Å². The number of nitrogens with zero attached hydrogens (tertiary/aromatic N) is 1. The number of hydrogen-bond donors (Lipinski definition) is 2. The third-order valence-electron chi connectivity index (χ3n) is 4.25. The summed E-state index contributed by atoms with van der Waals surface area (Å²) in [7, 11) is 1.65. The van der Waals surface area contributed by atoms with Gasteiger partial charge in [-0.1, -0.05) is 12.1 Å². The normalized spacial score (nSPS) is 28.9. The second-order valence-corrected chi connectivity index (χ2v) is 5.66. The van der Waals surface area contributed by atoms with Crippen LogP contribution in [0.15, 0.2) is 24.3 Å². The Hall–Kier alpha value is -1.43.